The summed E-state index contributed by atoms with van der Waals surface area (Å²) in [6, 6.07) is 0. The van der Waals surface area contributed by atoms with Gasteiger partial charge in [0, 0.05) is 6.42 Å². The average molecular weight is 363 g/mol. The van der Waals surface area contributed by atoms with E-state index in [1.54, 1.807) is 0 Å². The summed E-state index contributed by atoms with van der Waals surface area (Å²) in [4.78, 5) is 3.01. The Morgan fingerprint density at radius 2 is 2.30 bits per heavy atom. The van der Waals surface area contributed by atoms with Gasteiger partial charge in [-0.05, 0) is 0 Å². The number of imidazole rings is 1. The van der Waals surface area contributed by atoms with E-state index in [-0.39, 0.29) is 0 Å². The van der Waals surface area contributed by atoms with Gasteiger partial charge < -0.3 is 0 Å². The number of nitrogens with zero attached hydrogens (tertiary/aromatic N) is 1. The molecule has 0 spiro atoms. The van der Waals surface area contributed by atoms with E-state index >= 15 is 0 Å². The second kappa shape index (κ2) is 4.53. The van der Waals surface area contributed by atoms with Crippen LogP contribution in [0.2, 0.25) is 0 Å². The fourth-order valence-corrected chi connectivity index (χ4v) is 1.26. The molecule has 0 fully saturated rings. The van der Waals surface area contributed by atoms with Crippen LogP contribution in [0.3, 0.4) is 0 Å². The Morgan fingerprint density at radius 3 is 2.80 bits per heavy atom. The lowest BCUT2D eigenvalue weighted by atomic mass is 10.5. The first-order valence-corrected chi connectivity index (χ1v) is 5.58. The van der Waals surface area contributed by atoms with E-state index < -0.39 is 0 Å². The number of hydrogen-bond donors (Lipinski definition) is 1. The Morgan fingerprint density at radius 1 is 1.50 bits per heavy atom. The van der Waals surface area contributed by atoms with Gasteiger partial charge in [0.15, 0.2) is 0 Å². The molecule has 0 aromatic carbocycles. The Hall–Kier alpha value is 0.670. The molecule has 0 radical (unpaired) electrons. The van der Waals surface area contributed by atoms with Gasteiger partial charge in [0.1, 0.15) is 12.4 Å². The molecule has 0 unspecified atom stereocenters. The topological polar surface area (TPSA) is 19.7 Å². The Kier molecular flexibility index (Phi) is 3.97. The molecule has 0 bridgehead atoms. The van der Waals surface area contributed by atoms with Crippen LogP contribution in [0.1, 0.15) is 6.42 Å². The lowest BCUT2D eigenvalue weighted by Crippen LogP contribution is -2.30. The number of hydrogen-bond acceptors (Lipinski definition) is 0. The Balaban J connectivity index is 2.28. The van der Waals surface area contributed by atoms with Gasteiger partial charge in [-0.2, -0.15) is 0 Å². The summed E-state index contributed by atoms with van der Waals surface area (Å²) in [5, 5.41) is 0. The minimum Gasteiger partial charge on any atom is -0.250 e. The first kappa shape index (κ1) is 8.76. The smallest absolute Gasteiger partial charge is 0.241 e. The zero-order valence-corrected chi connectivity index (χ0v) is 9.74. The molecular weight excluding hydrogens is 354 g/mol. The summed E-state index contributed by atoms with van der Waals surface area (Å²) in [5.41, 5.74) is 0. The van der Waals surface area contributed by atoms with Gasteiger partial charge in [-0.1, -0.05) is 45.2 Å². The molecule has 0 saturated heterocycles. The van der Waals surface area contributed by atoms with E-state index in [0.29, 0.717) is 0 Å². The molecule has 1 aromatic heterocycles. The summed E-state index contributed by atoms with van der Waals surface area (Å²) >= 11 is 4.86. The first-order chi connectivity index (χ1) is 4.79. The Labute approximate surface area is 87.7 Å². The van der Waals surface area contributed by atoms with Crippen molar-refractivity contribution in [1.29, 1.82) is 0 Å². The number of H-pyrrole nitrogens is 1. The summed E-state index contributed by atoms with van der Waals surface area (Å²) in [6.45, 7) is 1.11. The van der Waals surface area contributed by atoms with Crippen molar-refractivity contribution >= 4 is 45.2 Å². The van der Waals surface area contributed by atoms with E-state index in [9.17, 15) is 0 Å². The molecule has 0 amide bonds. The van der Waals surface area contributed by atoms with Crippen molar-refractivity contribution in [3.63, 3.8) is 0 Å². The SMILES string of the molecule is IC(I)CC[n+]1cc[nH]c1. The molecule has 0 aliphatic heterocycles. The molecule has 1 rings (SSSR count). The summed E-state index contributed by atoms with van der Waals surface area (Å²) < 4.78 is 2.89. The maximum absolute atomic E-state index is 3.01. The zero-order valence-electron chi connectivity index (χ0n) is 5.43. The highest BCUT2D eigenvalue weighted by atomic mass is 127. The van der Waals surface area contributed by atoms with Crippen molar-refractivity contribution in [2.75, 3.05) is 0 Å². The van der Waals surface area contributed by atoms with Gasteiger partial charge in [-0.15, -0.1) is 0 Å². The predicted octanol–water partition coefficient (Wildman–Crippen LogP) is 1.89. The zero-order chi connectivity index (χ0) is 7.40. The fraction of sp³-hybridized carbons (Fsp3) is 0.500. The molecule has 0 aliphatic carbocycles. The summed E-state index contributed by atoms with van der Waals surface area (Å²) in [6.07, 6.45) is 7.20. The molecule has 1 N–H and O–H groups in total. The van der Waals surface area contributed by atoms with E-state index in [2.05, 4.69) is 60.9 Å². The number of alkyl halides is 2. The van der Waals surface area contributed by atoms with Gasteiger partial charge in [0.05, 0.1) is 8.48 Å². The van der Waals surface area contributed by atoms with Crippen LogP contribution in [0.25, 0.3) is 0 Å². The van der Waals surface area contributed by atoms with E-state index in [4.69, 9.17) is 0 Å². The average Bonchev–Trinajstić information content (AvgIpc) is 2.34. The van der Waals surface area contributed by atoms with E-state index in [1.807, 2.05) is 12.5 Å². The number of rotatable bonds is 3. The van der Waals surface area contributed by atoms with Crippen LogP contribution < -0.4 is 4.57 Å². The highest BCUT2D eigenvalue weighted by molar-refractivity contribution is 14.2. The van der Waals surface area contributed by atoms with E-state index in [0.717, 1.165) is 8.48 Å². The van der Waals surface area contributed by atoms with Crippen molar-refractivity contribution < 1.29 is 4.57 Å². The molecular formula is C6H9I2N2+. The maximum Gasteiger partial charge on any atom is 0.241 e. The van der Waals surface area contributed by atoms with Gasteiger partial charge in [-0.25, -0.2) is 4.57 Å². The lowest BCUT2D eigenvalue weighted by Gasteiger charge is -1.96. The molecule has 0 atom stereocenters. The molecule has 0 aliphatic rings. The fourth-order valence-electron chi connectivity index (χ4n) is 0.706. The van der Waals surface area contributed by atoms with Crippen LogP contribution in [0.4, 0.5) is 0 Å². The second-order valence-corrected chi connectivity index (χ2v) is 7.42. The number of aromatic amines is 1. The lowest BCUT2D eigenvalue weighted by molar-refractivity contribution is -0.695. The highest BCUT2D eigenvalue weighted by Gasteiger charge is 2.00. The van der Waals surface area contributed by atoms with E-state index in [1.165, 1.54) is 6.42 Å². The quantitative estimate of drug-likeness (QED) is 0.481. The molecule has 10 heavy (non-hydrogen) atoms. The van der Waals surface area contributed by atoms with Crippen molar-refractivity contribution in [3.05, 3.63) is 18.7 Å². The molecule has 0 saturated carbocycles. The predicted molar refractivity (Wildman–Crippen MR) is 57.4 cm³/mol. The third kappa shape index (κ3) is 3.18. The molecule has 1 aromatic rings. The summed E-state index contributed by atoms with van der Waals surface area (Å²) in [7, 11) is 0. The van der Waals surface area contributed by atoms with Gasteiger partial charge in [0.25, 0.3) is 0 Å². The number of aromatic nitrogens is 2. The third-order valence-corrected chi connectivity index (χ3v) is 2.45. The normalized spacial score (nSPS) is 10.7. The monoisotopic (exact) mass is 363 g/mol. The highest BCUT2D eigenvalue weighted by Crippen LogP contribution is 2.13. The molecule has 56 valence electrons. The standard InChI is InChI=1S/C6H8I2N2/c7-6(8)1-3-10-4-2-9-5-10/h2,4-6H,1,3H2/p+1. The Bertz CT molecular complexity index is 172. The van der Waals surface area contributed by atoms with Gasteiger partial charge in [0.2, 0.25) is 6.33 Å². The van der Waals surface area contributed by atoms with Gasteiger partial charge >= 0.3 is 0 Å². The largest absolute Gasteiger partial charge is 0.250 e. The van der Waals surface area contributed by atoms with Crippen molar-refractivity contribution in [2.45, 2.75) is 14.9 Å². The maximum atomic E-state index is 3.01. The number of nitrogens with one attached hydrogen (secondary N) is 1. The van der Waals surface area contributed by atoms with Crippen LogP contribution >= 0.6 is 45.2 Å². The van der Waals surface area contributed by atoms with Crippen LogP contribution in [-0.4, -0.2) is 6.92 Å². The van der Waals surface area contributed by atoms with Gasteiger partial charge in [-0.3, -0.25) is 4.98 Å². The second-order valence-electron chi connectivity index (χ2n) is 2.03. The first-order valence-electron chi connectivity index (χ1n) is 3.09. The molecule has 1 heterocycles. The van der Waals surface area contributed by atoms with Crippen molar-refractivity contribution in [3.8, 4) is 0 Å². The minimum atomic E-state index is 0.734. The van der Waals surface area contributed by atoms with Crippen LogP contribution in [0, 0.1) is 0 Å². The van der Waals surface area contributed by atoms with Crippen molar-refractivity contribution in [2.24, 2.45) is 0 Å². The third-order valence-electron chi connectivity index (χ3n) is 1.21. The number of aryl methyl sites for hydroxylation is 1. The summed E-state index contributed by atoms with van der Waals surface area (Å²) in [5.74, 6) is 0. The van der Waals surface area contributed by atoms with Crippen molar-refractivity contribution in [1.82, 2.24) is 4.98 Å². The van der Waals surface area contributed by atoms with Crippen LogP contribution in [-0.2, 0) is 6.54 Å². The molecule has 4 heteroatoms. The molecule has 2 nitrogen and oxygen atoms in total. The van der Waals surface area contributed by atoms with Crippen LogP contribution in [0.5, 0.6) is 0 Å². The minimum absolute atomic E-state index is 0.734. The number of halogens is 2. The van der Waals surface area contributed by atoms with Crippen LogP contribution in [0.15, 0.2) is 18.7 Å².